The van der Waals surface area contributed by atoms with E-state index in [1.165, 1.54) is 0 Å². The molecule has 1 atom stereocenters. The fourth-order valence-corrected chi connectivity index (χ4v) is 3.11. The third-order valence-corrected chi connectivity index (χ3v) is 4.53. The van der Waals surface area contributed by atoms with Crippen LogP contribution in [0.5, 0.6) is 0 Å². The quantitative estimate of drug-likeness (QED) is 0.675. The molecule has 0 spiro atoms. The summed E-state index contributed by atoms with van der Waals surface area (Å²) in [4.78, 5) is 34.2. The molecule has 0 aliphatic rings. The zero-order valence-electron chi connectivity index (χ0n) is 15.2. The van der Waals surface area contributed by atoms with Crippen LogP contribution in [-0.2, 0) is 0 Å². The van der Waals surface area contributed by atoms with Crippen molar-refractivity contribution in [3.8, 4) is 0 Å². The number of carbonyl (C=O) groups is 1. The van der Waals surface area contributed by atoms with Crippen molar-refractivity contribution in [3.05, 3.63) is 69.7 Å². The molecule has 1 aromatic heterocycles. The molecule has 3 aromatic rings. The number of para-hydroxylation sites is 1. The second kappa shape index (κ2) is 8.22. The lowest BCUT2D eigenvalue weighted by Crippen LogP contribution is -2.38. The van der Waals surface area contributed by atoms with Gasteiger partial charge >= 0.3 is 6.03 Å². The number of halogens is 1. The largest absolute Gasteiger partial charge is 0.322 e. The molecule has 7 heteroatoms. The van der Waals surface area contributed by atoms with Crippen LogP contribution >= 0.6 is 11.6 Å². The van der Waals surface area contributed by atoms with Gasteiger partial charge in [-0.1, -0.05) is 36.7 Å². The number of anilines is 1. The van der Waals surface area contributed by atoms with Gasteiger partial charge in [-0.3, -0.25) is 4.79 Å². The lowest BCUT2D eigenvalue weighted by atomic mass is 10.2. The molecule has 27 heavy (non-hydrogen) atoms. The third-order valence-electron chi connectivity index (χ3n) is 4.30. The van der Waals surface area contributed by atoms with E-state index in [1.807, 2.05) is 19.9 Å². The maximum absolute atomic E-state index is 12.8. The van der Waals surface area contributed by atoms with Crippen LogP contribution in [0.25, 0.3) is 10.9 Å². The molecule has 2 N–H and O–H groups in total. The number of carbonyl (C=O) groups excluding carboxylic acids is 1. The molecule has 0 aliphatic heterocycles. The van der Waals surface area contributed by atoms with Gasteiger partial charge in [0, 0.05) is 17.3 Å². The molecule has 0 fully saturated rings. The van der Waals surface area contributed by atoms with Crippen molar-refractivity contribution < 1.29 is 4.79 Å². The smallest absolute Gasteiger partial charge is 0.315 e. The Balaban J connectivity index is 1.89. The first-order valence-electron chi connectivity index (χ1n) is 8.81. The first kappa shape index (κ1) is 18.9. The van der Waals surface area contributed by atoms with Crippen molar-refractivity contribution in [2.45, 2.75) is 26.3 Å². The summed E-state index contributed by atoms with van der Waals surface area (Å²) < 4.78 is 0. The minimum Gasteiger partial charge on any atom is -0.315 e. The van der Waals surface area contributed by atoms with E-state index in [-0.39, 0.29) is 11.6 Å². The second-order valence-corrected chi connectivity index (χ2v) is 6.71. The number of urea groups is 1. The molecular formula is C20H21ClN4O2. The Hall–Kier alpha value is -2.86. The van der Waals surface area contributed by atoms with Gasteiger partial charge in [0.05, 0.1) is 16.9 Å². The molecule has 2 aromatic carbocycles. The monoisotopic (exact) mass is 384 g/mol. The van der Waals surface area contributed by atoms with E-state index in [4.69, 9.17) is 11.6 Å². The Labute approximate surface area is 162 Å². The van der Waals surface area contributed by atoms with Crippen LogP contribution in [0, 0.1) is 0 Å². The normalized spacial score (nSPS) is 12.0. The van der Waals surface area contributed by atoms with Crippen LogP contribution in [0.4, 0.5) is 10.5 Å². The van der Waals surface area contributed by atoms with Gasteiger partial charge in [0.15, 0.2) is 0 Å². The van der Waals surface area contributed by atoms with Crippen LogP contribution in [0.15, 0.2) is 53.3 Å². The molecule has 1 heterocycles. The summed E-state index contributed by atoms with van der Waals surface area (Å²) in [6.07, 6.45) is 0.769. The fourth-order valence-electron chi connectivity index (χ4n) is 2.92. The summed E-state index contributed by atoms with van der Waals surface area (Å²) in [6.45, 7) is 4.35. The Morgan fingerprint density at radius 1 is 1.26 bits per heavy atom. The van der Waals surface area contributed by atoms with Crippen molar-refractivity contribution >= 4 is 34.2 Å². The van der Waals surface area contributed by atoms with E-state index < -0.39 is 6.04 Å². The Morgan fingerprint density at radius 2 is 2.04 bits per heavy atom. The molecule has 0 saturated heterocycles. The van der Waals surface area contributed by atoms with Crippen LogP contribution in [0.3, 0.4) is 0 Å². The van der Waals surface area contributed by atoms with Crippen molar-refractivity contribution in [3.63, 3.8) is 0 Å². The number of nitrogens with one attached hydrogen (secondary N) is 2. The molecule has 0 radical (unpaired) electrons. The number of hydrogen-bond acceptors (Lipinski definition) is 3. The molecule has 1 unspecified atom stereocenters. The molecule has 2 amide bonds. The van der Waals surface area contributed by atoms with Crippen molar-refractivity contribution in [1.82, 2.24) is 14.9 Å². The summed E-state index contributed by atoms with van der Waals surface area (Å²) in [5, 5.41) is 3.92. The van der Waals surface area contributed by atoms with E-state index in [1.54, 1.807) is 47.4 Å². The van der Waals surface area contributed by atoms with Gasteiger partial charge in [0.1, 0.15) is 5.82 Å². The van der Waals surface area contributed by atoms with E-state index in [0.29, 0.717) is 34.0 Å². The SMILES string of the molecule is CCCN(C(=O)Nc1cccc(Cl)c1)C(C)c1nc2ccccc2c(=O)[nH]1. The number of amides is 2. The molecule has 0 aliphatic carbocycles. The van der Waals surface area contributed by atoms with Gasteiger partial charge in [-0.25, -0.2) is 9.78 Å². The van der Waals surface area contributed by atoms with Gasteiger partial charge < -0.3 is 15.2 Å². The Morgan fingerprint density at radius 3 is 2.78 bits per heavy atom. The number of fused-ring (bicyclic) bond motifs is 1. The molecule has 0 bridgehead atoms. The highest BCUT2D eigenvalue weighted by Gasteiger charge is 2.23. The summed E-state index contributed by atoms with van der Waals surface area (Å²) in [7, 11) is 0. The van der Waals surface area contributed by atoms with E-state index in [0.717, 1.165) is 6.42 Å². The number of nitrogens with zero attached hydrogens (tertiary/aromatic N) is 2. The lowest BCUT2D eigenvalue weighted by Gasteiger charge is -2.28. The van der Waals surface area contributed by atoms with Crippen molar-refractivity contribution in [2.24, 2.45) is 0 Å². The van der Waals surface area contributed by atoms with Crippen LogP contribution in [0.1, 0.15) is 32.1 Å². The summed E-state index contributed by atoms with van der Waals surface area (Å²) in [6, 6.07) is 13.4. The molecule has 0 saturated carbocycles. The molecular weight excluding hydrogens is 364 g/mol. The zero-order chi connectivity index (χ0) is 19.4. The van der Waals surface area contributed by atoms with E-state index >= 15 is 0 Å². The van der Waals surface area contributed by atoms with E-state index in [2.05, 4.69) is 15.3 Å². The predicted octanol–water partition coefficient (Wildman–Crippen LogP) is 4.58. The van der Waals surface area contributed by atoms with Gasteiger partial charge in [0.2, 0.25) is 0 Å². The van der Waals surface area contributed by atoms with Crippen LogP contribution in [0.2, 0.25) is 5.02 Å². The van der Waals surface area contributed by atoms with E-state index in [9.17, 15) is 9.59 Å². The molecule has 140 valence electrons. The van der Waals surface area contributed by atoms with Crippen molar-refractivity contribution in [2.75, 3.05) is 11.9 Å². The maximum Gasteiger partial charge on any atom is 0.322 e. The fraction of sp³-hybridized carbons (Fsp3) is 0.250. The first-order valence-corrected chi connectivity index (χ1v) is 9.19. The van der Waals surface area contributed by atoms with Gasteiger partial charge in [-0.2, -0.15) is 0 Å². The summed E-state index contributed by atoms with van der Waals surface area (Å²) >= 11 is 5.99. The summed E-state index contributed by atoms with van der Waals surface area (Å²) in [5.41, 5.74) is 1.00. The number of rotatable bonds is 5. The minimum absolute atomic E-state index is 0.214. The zero-order valence-corrected chi connectivity index (χ0v) is 16.0. The van der Waals surface area contributed by atoms with Gasteiger partial charge in [-0.05, 0) is 43.7 Å². The highest BCUT2D eigenvalue weighted by atomic mass is 35.5. The summed E-state index contributed by atoms with van der Waals surface area (Å²) in [5.74, 6) is 0.452. The predicted molar refractivity (Wildman–Crippen MR) is 108 cm³/mol. The number of benzene rings is 2. The third kappa shape index (κ3) is 4.28. The first-order chi connectivity index (χ1) is 13.0. The molecule has 3 rings (SSSR count). The average Bonchev–Trinajstić information content (AvgIpc) is 2.65. The number of aromatic nitrogens is 2. The second-order valence-electron chi connectivity index (χ2n) is 6.28. The van der Waals surface area contributed by atoms with Crippen LogP contribution < -0.4 is 10.9 Å². The standard InChI is InChI=1S/C20H21ClN4O2/c1-3-11-25(20(27)22-15-8-6-7-14(21)12-15)13(2)18-23-17-10-5-4-9-16(17)19(26)24-18/h4-10,12-13H,3,11H2,1-2H3,(H,22,27)(H,23,24,26). The Bertz CT molecular complexity index is 1020. The minimum atomic E-state index is -0.401. The van der Waals surface area contributed by atoms with Crippen molar-refractivity contribution in [1.29, 1.82) is 0 Å². The van der Waals surface area contributed by atoms with Crippen LogP contribution in [-0.4, -0.2) is 27.4 Å². The average molecular weight is 385 g/mol. The topological polar surface area (TPSA) is 78.1 Å². The number of aromatic amines is 1. The number of hydrogen-bond donors (Lipinski definition) is 2. The Kier molecular flexibility index (Phi) is 5.76. The molecule has 6 nitrogen and oxygen atoms in total. The number of H-pyrrole nitrogens is 1. The maximum atomic E-state index is 12.8. The lowest BCUT2D eigenvalue weighted by molar-refractivity contribution is 0.190. The van der Waals surface area contributed by atoms with Gasteiger partial charge in [0.25, 0.3) is 5.56 Å². The highest BCUT2D eigenvalue weighted by molar-refractivity contribution is 6.30. The van der Waals surface area contributed by atoms with Gasteiger partial charge in [-0.15, -0.1) is 0 Å². The highest BCUT2D eigenvalue weighted by Crippen LogP contribution is 2.21.